The van der Waals surface area contributed by atoms with Gasteiger partial charge in [0.1, 0.15) is 5.69 Å². The van der Waals surface area contributed by atoms with E-state index in [0.29, 0.717) is 22.3 Å². The molecule has 6 heteroatoms. The Balaban J connectivity index is 2.04. The van der Waals surface area contributed by atoms with Gasteiger partial charge in [0.05, 0.1) is 11.8 Å². The van der Waals surface area contributed by atoms with E-state index in [0.717, 1.165) is 36.0 Å². The molecule has 0 spiro atoms. The summed E-state index contributed by atoms with van der Waals surface area (Å²) in [6.07, 6.45) is 4.40. The van der Waals surface area contributed by atoms with Crippen molar-refractivity contribution in [3.63, 3.8) is 0 Å². The Morgan fingerprint density at radius 1 is 1.48 bits per heavy atom. The van der Waals surface area contributed by atoms with Crippen molar-refractivity contribution < 1.29 is 9.53 Å². The van der Waals surface area contributed by atoms with Crippen LogP contribution in [-0.4, -0.2) is 22.6 Å². The summed E-state index contributed by atoms with van der Waals surface area (Å²) in [5, 5.41) is 0.626. The average Bonchev–Trinajstić information content (AvgIpc) is 2.96. The number of thiazole rings is 1. The number of carbonyl (C=O) groups is 1. The van der Waals surface area contributed by atoms with Crippen molar-refractivity contribution in [2.45, 2.75) is 45.6 Å². The lowest BCUT2D eigenvalue weighted by Gasteiger charge is -2.35. The summed E-state index contributed by atoms with van der Waals surface area (Å²) in [6, 6.07) is 2.14. The standard InChI is InChI=1S/C15H21N3O2S/c1-15(2)6-4-9(5-7-15)18-10(12(16)19)8-11-13(18)17-14(20-3)21-11/h8-9H,4-7H2,1-3H3,(H2,16,19). The molecule has 3 rings (SSSR count). The lowest BCUT2D eigenvalue weighted by Crippen LogP contribution is -2.26. The summed E-state index contributed by atoms with van der Waals surface area (Å²) in [7, 11) is 1.61. The van der Waals surface area contributed by atoms with Crippen LogP contribution in [0.25, 0.3) is 10.3 Å². The Hall–Kier alpha value is -1.56. The molecule has 1 aliphatic rings. The molecule has 114 valence electrons. The largest absolute Gasteiger partial charge is 0.473 e. The molecule has 0 unspecified atom stereocenters. The summed E-state index contributed by atoms with van der Waals surface area (Å²) in [4.78, 5) is 16.3. The zero-order valence-electron chi connectivity index (χ0n) is 12.7. The highest BCUT2D eigenvalue weighted by Gasteiger charge is 2.31. The highest BCUT2D eigenvalue weighted by molar-refractivity contribution is 7.20. The second-order valence-corrected chi connectivity index (χ2v) is 7.52. The van der Waals surface area contributed by atoms with E-state index < -0.39 is 0 Å². The van der Waals surface area contributed by atoms with Crippen LogP contribution in [0.2, 0.25) is 0 Å². The Morgan fingerprint density at radius 3 is 2.71 bits per heavy atom. The van der Waals surface area contributed by atoms with Crippen LogP contribution in [0.5, 0.6) is 5.19 Å². The van der Waals surface area contributed by atoms with E-state index in [-0.39, 0.29) is 5.91 Å². The van der Waals surface area contributed by atoms with Crippen molar-refractivity contribution in [2.75, 3.05) is 7.11 Å². The minimum Gasteiger partial charge on any atom is -0.473 e. The van der Waals surface area contributed by atoms with E-state index in [2.05, 4.69) is 18.8 Å². The lowest BCUT2D eigenvalue weighted by molar-refractivity contribution is 0.0985. The number of hydrogen-bond donors (Lipinski definition) is 1. The first-order valence-corrected chi connectivity index (χ1v) is 8.08. The summed E-state index contributed by atoms with van der Waals surface area (Å²) < 4.78 is 8.21. The highest BCUT2D eigenvalue weighted by Crippen LogP contribution is 2.43. The second-order valence-electron chi connectivity index (χ2n) is 6.53. The molecule has 1 saturated carbocycles. The second kappa shape index (κ2) is 5.02. The fraction of sp³-hybridized carbons (Fsp3) is 0.600. The minimum atomic E-state index is -0.385. The molecule has 2 heterocycles. The van der Waals surface area contributed by atoms with Crippen LogP contribution in [0.1, 0.15) is 56.1 Å². The van der Waals surface area contributed by atoms with Gasteiger partial charge in [-0.25, -0.2) is 0 Å². The normalized spacial score (nSPS) is 19.0. The molecule has 0 aliphatic heterocycles. The first-order valence-electron chi connectivity index (χ1n) is 7.27. The number of methoxy groups -OCH3 is 1. The lowest BCUT2D eigenvalue weighted by atomic mass is 9.75. The van der Waals surface area contributed by atoms with Gasteiger partial charge in [0, 0.05) is 6.04 Å². The van der Waals surface area contributed by atoms with Crippen molar-refractivity contribution in [1.29, 1.82) is 0 Å². The minimum absolute atomic E-state index is 0.296. The summed E-state index contributed by atoms with van der Waals surface area (Å²) in [5.41, 5.74) is 7.33. The van der Waals surface area contributed by atoms with Gasteiger partial charge in [-0.1, -0.05) is 25.2 Å². The molecule has 2 N–H and O–H groups in total. The Morgan fingerprint density at radius 2 is 2.14 bits per heavy atom. The van der Waals surface area contributed by atoms with Crippen LogP contribution in [-0.2, 0) is 0 Å². The number of aromatic nitrogens is 2. The third-order valence-electron chi connectivity index (χ3n) is 4.47. The van der Waals surface area contributed by atoms with Crippen LogP contribution >= 0.6 is 11.3 Å². The molecule has 0 atom stereocenters. The van der Waals surface area contributed by atoms with Crippen molar-refractivity contribution >= 4 is 27.6 Å². The van der Waals surface area contributed by atoms with Gasteiger partial charge in [-0.2, -0.15) is 4.98 Å². The topological polar surface area (TPSA) is 70.1 Å². The van der Waals surface area contributed by atoms with E-state index >= 15 is 0 Å². The molecule has 2 aromatic rings. The van der Waals surface area contributed by atoms with Gasteiger partial charge >= 0.3 is 0 Å². The Bertz CT molecular complexity index is 676. The number of ether oxygens (including phenoxy) is 1. The predicted molar refractivity (Wildman–Crippen MR) is 84.0 cm³/mol. The third kappa shape index (κ3) is 2.52. The van der Waals surface area contributed by atoms with Gasteiger partial charge in [-0.3, -0.25) is 4.79 Å². The Kier molecular flexibility index (Phi) is 3.43. The van der Waals surface area contributed by atoms with Crippen LogP contribution < -0.4 is 10.5 Å². The van der Waals surface area contributed by atoms with Gasteiger partial charge in [-0.15, -0.1) is 0 Å². The molecule has 2 aromatic heterocycles. The van der Waals surface area contributed by atoms with E-state index in [9.17, 15) is 4.79 Å². The maximum absolute atomic E-state index is 11.8. The fourth-order valence-corrected chi connectivity index (χ4v) is 3.98. The van der Waals surface area contributed by atoms with Crippen LogP contribution in [0.4, 0.5) is 0 Å². The molecule has 0 aromatic carbocycles. The number of nitrogens with zero attached hydrogens (tertiary/aromatic N) is 2. The van der Waals surface area contributed by atoms with Crippen molar-refractivity contribution in [1.82, 2.24) is 9.55 Å². The third-order valence-corrected chi connectivity index (χ3v) is 5.42. The van der Waals surface area contributed by atoms with Crippen molar-refractivity contribution in [3.05, 3.63) is 11.8 Å². The molecule has 21 heavy (non-hydrogen) atoms. The Labute approximate surface area is 128 Å². The van der Waals surface area contributed by atoms with E-state index in [4.69, 9.17) is 10.5 Å². The molecule has 0 saturated heterocycles. The molecular formula is C15H21N3O2S. The van der Waals surface area contributed by atoms with E-state index in [1.54, 1.807) is 7.11 Å². The number of nitrogens with two attached hydrogens (primary N) is 1. The molecule has 1 amide bonds. The van der Waals surface area contributed by atoms with E-state index in [1.807, 2.05) is 10.6 Å². The average molecular weight is 307 g/mol. The summed E-state index contributed by atoms with van der Waals surface area (Å²) >= 11 is 1.45. The van der Waals surface area contributed by atoms with Gasteiger partial charge in [-0.05, 0) is 37.2 Å². The van der Waals surface area contributed by atoms with Crippen LogP contribution in [0.3, 0.4) is 0 Å². The first kappa shape index (κ1) is 14.4. The van der Waals surface area contributed by atoms with Gasteiger partial charge < -0.3 is 15.0 Å². The first-order chi connectivity index (χ1) is 9.91. The number of carbonyl (C=O) groups excluding carboxylic acids is 1. The van der Waals surface area contributed by atoms with Crippen molar-refractivity contribution in [3.8, 4) is 5.19 Å². The van der Waals surface area contributed by atoms with Crippen molar-refractivity contribution in [2.24, 2.45) is 11.1 Å². The smallest absolute Gasteiger partial charge is 0.275 e. The maximum atomic E-state index is 11.8. The SMILES string of the molecule is COc1nc2c(cc(C(N)=O)n2C2CCC(C)(C)CC2)s1. The number of amides is 1. The number of hydrogen-bond acceptors (Lipinski definition) is 4. The quantitative estimate of drug-likeness (QED) is 0.945. The maximum Gasteiger partial charge on any atom is 0.275 e. The summed E-state index contributed by atoms with van der Waals surface area (Å²) in [5.74, 6) is -0.385. The molecular weight excluding hydrogens is 286 g/mol. The summed E-state index contributed by atoms with van der Waals surface area (Å²) in [6.45, 7) is 4.60. The van der Waals surface area contributed by atoms with Gasteiger partial charge in [0.15, 0.2) is 5.65 Å². The van der Waals surface area contributed by atoms with Gasteiger partial charge in [0.2, 0.25) is 0 Å². The number of fused-ring (bicyclic) bond motifs is 1. The monoisotopic (exact) mass is 307 g/mol. The zero-order chi connectivity index (χ0) is 15.2. The van der Waals surface area contributed by atoms with E-state index in [1.165, 1.54) is 11.3 Å². The molecule has 5 nitrogen and oxygen atoms in total. The van der Waals surface area contributed by atoms with Crippen LogP contribution in [0, 0.1) is 5.41 Å². The molecule has 1 fully saturated rings. The molecule has 0 radical (unpaired) electrons. The predicted octanol–water partition coefficient (Wildman–Crippen LogP) is 3.35. The number of rotatable bonds is 3. The number of primary amides is 1. The highest BCUT2D eigenvalue weighted by atomic mass is 32.1. The molecule has 0 bridgehead atoms. The zero-order valence-corrected chi connectivity index (χ0v) is 13.5. The fourth-order valence-electron chi connectivity index (χ4n) is 3.17. The van der Waals surface area contributed by atoms with Crippen LogP contribution in [0.15, 0.2) is 6.07 Å². The molecule has 1 aliphatic carbocycles. The van der Waals surface area contributed by atoms with Gasteiger partial charge in [0.25, 0.3) is 11.1 Å².